The van der Waals surface area contributed by atoms with E-state index in [0.29, 0.717) is 29.0 Å². The first-order chi connectivity index (χ1) is 12.6. The SMILES string of the molecule is CC1C=CC(c2ccc(C#CC3=CCC(N=C=S)C(F)=C3)cc2F)=CC1. The van der Waals surface area contributed by atoms with Crippen LogP contribution in [0.5, 0.6) is 0 Å². The molecule has 3 rings (SSSR count). The highest BCUT2D eigenvalue weighted by Crippen LogP contribution is 2.26. The van der Waals surface area contributed by atoms with Gasteiger partial charge in [0.1, 0.15) is 17.7 Å². The van der Waals surface area contributed by atoms with Gasteiger partial charge in [-0.2, -0.15) is 0 Å². The zero-order chi connectivity index (χ0) is 18.5. The van der Waals surface area contributed by atoms with Crippen molar-refractivity contribution in [3.05, 3.63) is 76.9 Å². The number of rotatable bonds is 2. The summed E-state index contributed by atoms with van der Waals surface area (Å²) in [6.07, 6.45) is 10.5. The molecule has 2 aliphatic carbocycles. The first kappa shape index (κ1) is 18.2. The van der Waals surface area contributed by atoms with Gasteiger partial charge in [0.2, 0.25) is 0 Å². The monoisotopic (exact) mass is 365 g/mol. The third-order valence-electron chi connectivity index (χ3n) is 4.33. The molecule has 0 amide bonds. The van der Waals surface area contributed by atoms with Crippen molar-refractivity contribution >= 4 is 23.0 Å². The summed E-state index contributed by atoms with van der Waals surface area (Å²) in [6, 6.07) is 4.33. The van der Waals surface area contributed by atoms with E-state index in [2.05, 4.69) is 47.2 Å². The van der Waals surface area contributed by atoms with Crippen LogP contribution in [0.25, 0.3) is 5.57 Å². The van der Waals surface area contributed by atoms with Gasteiger partial charge in [0.05, 0.1) is 5.16 Å². The molecule has 2 aliphatic rings. The fraction of sp³-hybridized carbons (Fsp3) is 0.227. The number of nitrogens with zero attached hydrogens (tertiary/aromatic N) is 1. The first-order valence-electron chi connectivity index (χ1n) is 8.41. The number of aliphatic imine (C=N–C) groups is 1. The van der Waals surface area contributed by atoms with E-state index in [4.69, 9.17) is 0 Å². The lowest BCUT2D eigenvalue weighted by molar-refractivity contribution is 0.539. The van der Waals surface area contributed by atoms with Crippen molar-refractivity contribution in [3.63, 3.8) is 0 Å². The Balaban J connectivity index is 1.77. The molecule has 0 bridgehead atoms. The van der Waals surface area contributed by atoms with E-state index >= 15 is 0 Å². The van der Waals surface area contributed by atoms with Crippen molar-refractivity contribution in [1.82, 2.24) is 0 Å². The van der Waals surface area contributed by atoms with Gasteiger partial charge < -0.3 is 0 Å². The minimum atomic E-state index is -0.602. The Bertz CT molecular complexity index is 950. The van der Waals surface area contributed by atoms with E-state index in [0.717, 1.165) is 12.0 Å². The van der Waals surface area contributed by atoms with Gasteiger partial charge in [0, 0.05) is 16.7 Å². The molecule has 0 radical (unpaired) electrons. The normalized spacial score (nSPS) is 21.6. The van der Waals surface area contributed by atoms with Gasteiger partial charge in [-0.3, -0.25) is 0 Å². The number of thiocarbonyl (C=S) groups is 1. The van der Waals surface area contributed by atoms with Gasteiger partial charge in [0.25, 0.3) is 0 Å². The van der Waals surface area contributed by atoms with Crippen molar-refractivity contribution in [2.24, 2.45) is 10.9 Å². The van der Waals surface area contributed by atoms with Crippen molar-refractivity contribution in [3.8, 4) is 11.8 Å². The summed E-state index contributed by atoms with van der Waals surface area (Å²) in [5, 5.41) is 2.19. The number of benzene rings is 1. The second-order valence-corrected chi connectivity index (χ2v) is 6.52. The lowest BCUT2D eigenvalue weighted by Gasteiger charge is -2.12. The Labute approximate surface area is 157 Å². The minimum Gasteiger partial charge on any atom is -0.221 e. The van der Waals surface area contributed by atoms with E-state index in [1.54, 1.807) is 18.2 Å². The quantitative estimate of drug-likeness (QED) is 0.366. The molecule has 4 heteroatoms. The molecule has 0 aliphatic heterocycles. The summed E-state index contributed by atoms with van der Waals surface area (Å²) in [5.74, 6) is 5.55. The molecule has 130 valence electrons. The largest absolute Gasteiger partial charge is 0.221 e. The van der Waals surface area contributed by atoms with Gasteiger partial charge >= 0.3 is 0 Å². The van der Waals surface area contributed by atoms with Gasteiger partial charge in [-0.1, -0.05) is 49.1 Å². The molecule has 0 saturated carbocycles. The number of isothiocyanates is 1. The number of hydrogen-bond donors (Lipinski definition) is 0. The highest BCUT2D eigenvalue weighted by molar-refractivity contribution is 7.78. The topological polar surface area (TPSA) is 12.4 Å². The maximum atomic E-state index is 14.4. The van der Waals surface area contributed by atoms with E-state index in [1.807, 2.05) is 12.2 Å². The van der Waals surface area contributed by atoms with Crippen LogP contribution in [0.2, 0.25) is 0 Å². The third-order valence-corrected chi connectivity index (χ3v) is 4.43. The molecular weight excluding hydrogens is 348 g/mol. The fourth-order valence-electron chi connectivity index (χ4n) is 2.82. The maximum Gasteiger partial charge on any atom is 0.132 e. The first-order valence-corrected chi connectivity index (χ1v) is 8.82. The molecule has 0 spiro atoms. The zero-order valence-corrected chi connectivity index (χ0v) is 15.1. The van der Waals surface area contributed by atoms with Crippen LogP contribution >= 0.6 is 12.2 Å². The molecule has 2 unspecified atom stereocenters. The fourth-order valence-corrected chi connectivity index (χ4v) is 2.95. The van der Waals surface area contributed by atoms with Crippen LogP contribution in [0.3, 0.4) is 0 Å². The van der Waals surface area contributed by atoms with Gasteiger partial charge in [-0.05, 0) is 54.8 Å². The van der Waals surface area contributed by atoms with Crippen LogP contribution < -0.4 is 0 Å². The molecule has 0 aromatic heterocycles. The zero-order valence-electron chi connectivity index (χ0n) is 14.3. The number of hydrogen-bond acceptors (Lipinski definition) is 2. The number of halogens is 2. The van der Waals surface area contributed by atoms with Crippen molar-refractivity contribution < 1.29 is 8.78 Å². The summed E-state index contributed by atoms with van der Waals surface area (Å²) in [4.78, 5) is 3.76. The summed E-state index contributed by atoms with van der Waals surface area (Å²) in [5.41, 5.74) is 2.57. The molecule has 0 saturated heterocycles. The van der Waals surface area contributed by atoms with Gasteiger partial charge in [-0.15, -0.1) is 0 Å². The molecule has 26 heavy (non-hydrogen) atoms. The Morgan fingerprint density at radius 2 is 2.00 bits per heavy atom. The van der Waals surface area contributed by atoms with Crippen LogP contribution in [-0.4, -0.2) is 11.2 Å². The second-order valence-electron chi connectivity index (χ2n) is 6.34. The smallest absolute Gasteiger partial charge is 0.132 e. The second kappa shape index (κ2) is 8.19. The van der Waals surface area contributed by atoms with Crippen molar-refractivity contribution in [2.75, 3.05) is 0 Å². The maximum absolute atomic E-state index is 14.4. The van der Waals surface area contributed by atoms with Gasteiger partial charge in [-0.25, -0.2) is 13.8 Å². The summed E-state index contributed by atoms with van der Waals surface area (Å²) >= 11 is 4.50. The summed E-state index contributed by atoms with van der Waals surface area (Å²) in [6.45, 7) is 2.12. The average Bonchev–Trinajstić information content (AvgIpc) is 2.63. The molecule has 1 aromatic carbocycles. The van der Waals surface area contributed by atoms with Crippen LogP contribution in [0.15, 0.2) is 65.0 Å². The Hall–Kier alpha value is -2.60. The molecule has 1 aromatic rings. The van der Waals surface area contributed by atoms with E-state index in [1.165, 1.54) is 12.1 Å². The molecule has 0 heterocycles. The molecule has 0 N–H and O–H groups in total. The predicted molar refractivity (Wildman–Crippen MR) is 105 cm³/mol. The standard InChI is InChI=1S/C22H17F2NS/c1-15-2-8-18(9-3-15)19-10-6-16(12-20(19)23)4-5-17-7-11-22(25-14-26)21(24)13-17/h2,6-10,12-13,15,22H,3,11H2,1H3. The van der Waals surface area contributed by atoms with Crippen LogP contribution in [0.4, 0.5) is 8.78 Å². The average molecular weight is 365 g/mol. The molecule has 1 nitrogen and oxygen atoms in total. The van der Waals surface area contributed by atoms with Crippen LogP contribution in [0, 0.1) is 23.6 Å². The lowest BCUT2D eigenvalue weighted by atomic mass is 9.93. The molecular formula is C22H17F2NS. The summed E-state index contributed by atoms with van der Waals surface area (Å²) in [7, 11) is 0. The van der Waals surface area contributed by atoms with E-state index in [9.17, 15) is 8.78 Å². The van der Waals surface area contributed by atoms with E-state index < -0.39 is 6.04 Å². The lowest BCUT2D eigenvalue weighted by Crippen LogP contribution is -2.07. The molecule has 2 atom stereocenters. The van der Waals surface area contributed by atoms with Gasteiger partial charge in [0.15, 0.2) is 0 Å². The predicted octanol–water partition coefficient (Wildman–Crippen LogP) is 5.81. The van der Waals surface area contributed by atoms with Crippen LogP contribution in [-0.2, 0) is 0 Å². The van der Waals surface area contributed by atoms with Crippen molar-refractivity contribution in [1.29, 1.82) is 0 Å². The Kier molecular flexibility index (Phi) is 5.73. The third kappa shape index (κ3) is 4.32. The Morgan fingerprint density at radius 1 is 1.15 bits per heavy atom. The Morgan fingerprint density at radius 3 is 2.65 bits per heavy atom. The number of allylic oxidation sites excluding steroid dienone is 6. The molecule has 0 fully saturated rings. The highest BCUT2D eigenvalue weighted by atomic mass is 32.1. The summed E-state index contributed by atoms with van der Waals surface area (Å²) < 4.78 is 28.3. The van der Waals surface area contributed by atoms with Crippen LogP contribution in [0.1, 0.15) is 30.9 Å². The van der Waals surface area contributed by atoms with Crippen molar-refractivity contribution in [2.45, 2.75) is 25.8 Å². The van der Waals surface area contributed by atoms with E-state index in [-0.39, 0.29) is 11.6 Å². The highest BCUT2D eigenvalue weighted by Gasteiger charge is 2.16. The minimum absolute atomic E-state index is 0.308.